The molecular formula is C37H46F3N5O7S. The lowest BCUT2D eigenvalue weighted by Gasteiger charge is -2.34. The molecule has 0 spiro atoms. The van der Waals surface area contributed by atoms with Crippen LogP contribution in [0, 0.1) is 19.3 Å². The minimum atomic E-state index is -4.39. The van der Waals surface area contributed by atoms with Gasteiger partial charge in [0, 0.05) is 29.8 Å². The monoisotopic (exact) mass is 761 g/mol. The van der Waals surface area contributed by atoms with E-state index in [0.717, 1.165) is 17.2 Å². The molecule has 0 unspecified atom stereocenters. The number of hydrogen-bond acceptors (Lipinski definition) is 9. The van der Waals surface area contributed by atoms with Crippen LogP contribution in [0.3, 0.4) is 0 Å². The zero-order valence-corrected chi connectivity index (χ0v) is 31.2. The quantitative estimate of drug-likeness (QED) is 0.140. The molecular weight excluding hydrogens is 715 g/mol. The standard InChI is InChI=1S/C37H46F3N5O7S/c1-22-8-6-9-23(2)31(22)29-19-30(44-33(43-29)45-53(49,50)28-11-7-10-24(18-28)32(46)47)51-21-27(20-36(16-17-36)37(38,39)40)41-25-12-14-26(15-13-25)42-34(48)52-35(3,4)5/h6-11,18-19,25-27,41H,12-17,20-21H2,1-5H3,(H,42,48)(H,46,47)(H,43,44,45)/t25?,26?,27-/m1/s1. The van der Waals surface area contributed by atoms with Gasteiger partial charge >= 0.3 is 18.2 Å². The number of benzene rings is 2. The summed E-state index contributed by atoms with van der Waals surface area (Å²) in [6.45, 7) is 8.84. The average molecular weight is 762 g/mol. The van der Waals surface area contributed by atoms with E-state index in [-0.39, 0.29) is 60.2 Å². The highest BCUT2D eigenvalue weighted by atomic mass is 32.2. The molecule has 2 aliphatic rings. The van der Waals surface area contributed by atoms with Gasteiger partial charge in [-0.25, -0.2) is 27.7 Å². The first kappa shape index (κ1) is 39.8. The van der Waals surface area contributed by atoms with Crippen LogP contribution >= 0.6 is 0 Å². The molecule has 1 amide bonds. The molecule has 2 fully saturated rings. The topological polar surface area (TPSA) is 169 Å². The number of rotatable bonds is 13. The van der Waals surface area contributed by atoms with Crippen LogP contribution in [0.25, 0.3) is 11.3 Å². The van der Waals surface area contributed by atoms with Crippen molar-refractivity contribution in [2.75, 3.05) is 11.3 Å². The van der Waals surface area contributed by atoms with Crippen LogP contribution in [-0.4, -0.2) is 72.1 Å². The Morgan fingerprint density at radius 1 is 0.962 bits per heavy atom. The van der Waals surface area contributed by atoms with Crippen LogP contribution in [0.5, 0.6) is 5.88 Å². The molecule has 4 N–H and O–H groups in total. The van der Waals surface area contributed by atoms with E-state index in [1.807, 2.05) is 32.0 Å². The third-order valence-corrected chi connectivity index (χ3v) is 10.8. The van der Waals surface area contributed by atoms with Crippen molar-refractivity contribution in [2.24, 2.45) is 5.41 Å². The number of sulfonamides is 1. The van der Waals surface area contributed by atoms with Crippen molar-refractivity contribution in [2.45, 2.75) is 114 Å². The van der Waals surface area contributed by atoms with Gasteiger partial charge in [0.15, 0.2) is 0 Å². The summed E-state index contributed by atoms with van der Waals surface area (Å²) in [6, 6.07) is 10.9. The van der Waals surface area contributed by atoms with Gasteiger partial charge in [0.1, 0.15) is 12.2 Å². The Morgan fingerprint density at radius 3 is 2.17 bits per heavy atom. The molecule has 0 aliphatic heterocycles. The third kappa shape index (κ3) is 10.4. The lowest BCUT2D eigenvalue weighted by atomic mass is 9.89. The number of nitrogens with one attached hydrogen (secondary N) is 3. The normalized spacial score (nSPS) is 19.2. The van der Waals surface area contributed by atoms with Crippen molar-refractivity contribution in [3.63, 3.8) is 0 Å². The smallest absolute Gasteiger partial charge is 0.407 e. The van der Waals surface area contributed by atoms with Crippen LogP contribution in [0.4, 0.5) is 23.9 Å². The molecule has 288 valence electrons. The number of amides is 1. The van der Waals surface area contributed by atoms with Gasteiger partial charge in [-0.15, -0.1) is 0 Å². The van der Waals surface area contributed by atoms with Gasteiger partial charge in [-0.2, -0.15) is 18.2 Å². The van der Waals surface area contributed by atoms with E-state index < -0.39 is 45.3 Å². The zero-order chi connectivity index (χ0) is 38.8. The second-order valence-electron chi connectivity index (χ2n) is 15.0. The van der Waals surface area contributed by atoms with Crippen LogP contribution in [-0.2, 0) is 14.8 Å². The summed E-state index contributed by atoms with van der Waals surface area (Å²) in [4.78, 5) is 32.2. The number of carboxylic acid groups (broad SMARTS) is 1. The number of carbonyl (C=O) groups is 2. The predicted molar refractivity (Wildman–Crippen MR) is 191 cm³/mol. The first-order valence-corrected chi connectivity index (χ1v) is 19.0. The molecule has 1 heterocycles. The van der Waals surface area contributed by atoms with Crippen molar-refractivity contribution in [3.05, 3.63) is 65.2 Å². The summed E-state index contributed by atoms with van der Waals surface area (Å²) in [5, 5.41) is 15.6. The molecule has 0 radical (unpaired) electrons. The number of carboxylic acids is 1. The Morgan fingerprint density at radius 2 is 1.58 bits per heavy atom. The van der Waals surface area contributed by atoms with Gasteiger partial charge in [0.2, 0.25) is 11.8 Å². The van der Waals surface area contributed by atoms with Gasteiger partial charge in [-0.05, 0) is 109 Å². The molecule has 5 rings (SSSR count). The largest absolute Gasteiger partial charge is 0.478 e. The number of aromatic nitrogens is 2. The zero-order valence-electron chi connectivity index (χ0n) is 30.3. The number of alkyl halides is 3. The summed E-state index contributed by atoms with van der Waals surface area (Å²) in [5.41, 5.74) is -0.0463. The van der Waals surface area contributed by atoms with Gasteiger partial charge < -0.3 is 25.2 Å². The predicted octanol–water partition coefficient (Wildman–Crippen LogP) is 7.16. The molecule has 2 saturated carbocycles. The molecule has 0 bridgehead atoms. The van der Waals surface area contributed by atoms with E-state index in [9.17, 15) is 36.3 Å². The Balaban J connectivity index is 1.38. The number of alkyl carbamates (subject to hydrolysis) is 1. The number of hydrogen-bond donors (Lipinski definition) is 4. The molecule has 16 heteroatoms. The van der Waals surface area contributed by atoms with Crippen molar-refractivity contribution in [1.29, 1.82) is 0 Å². The second-order valence-corrected chi connectivity index (χ2v) is 16.7. The number of carbonyl (C=O) groups excluding carboxylic acids is 1. The fourth-order valence-electron chi connectivity index (χ4n) is 6.66. The highest BCUT2D eigenvalue weighted by Gasteiger charge is 2.63. The Bertz CT molecular complexity index is 1900. The first-order valence-electron chi connectivity index (χ1n) is 17.5. The summed E-state index contributed by atoms with van der Waals surface area (Å²) in [5.74, 6) is -1.74. The van der Waals surface area contributed by atoms with Crippen molar-refractivity contribution in [1.82, 2.24) is 20.6 Å². The van der Waals surface area contributed by atoms with Gasteiger partial charge in [0.05, 0.1) is 21.6 Å². The number of aromatic carboxylic acids is 1. The molecule has 2 aliphatic carbocycles. The Kier molecular flexibility index (Phi) is 11.6. The van der Waals surface area contributed by atoms with Crippen molar-refractivity contribution < 1.29 is 45.8 Å². The SMILES string of the molecule is Cc1cccc(C)c1-c1cc(OC[C@@H](CC2(C(F)(F)F)CC2)NC2CCC(NC(=O)OC(C)(C)C)CC2)nc(NS(=O)(=O)c2cccc(C(=O)O)c2)n1. The Hall–Kier alpha value is -4.44. The second kappa shape index (κ2) is 15.5. The van der Waals surface area contributed by atoms with Gasteiger partial charge in [-0.3, -0.25) is 0 Å². The Labute approximate surface area is 307 Å². The summed E-state index contributed by atoms with van der Waals surface area (Å²) in [6.07, 6.45) is -2.67. The lowest BCUT2D eigenvalue weighted by molar-refractivity contribution is -0.191. The molecule has 53 heavy (non-hydrogen) atoms. The summed E-state index contributed by atoms with van der Waals surface area (Å²) >= 11 is 0. The molecule has 1 aromatic heterocycles. The molecule has 3 aromatic rings. The van der Waals surface area contributed by atoms with Crippen molar-refractivity contribution in [3.8, 4) is 17.1 Å². The maximum absolute atomic E-state index is 14.2. The van der Waals surface area contributed by atoms with Crippen LogP contribution < -0.4 is 20.1 Å². The maximum Gasteiger partial charge on any atom is 0.407 e. The molecule has 1 atom stereocenters. The highest BCUT2D eigenvalue weighted by molar-refractivity contribution is 7.92. The fraction of sp³-hybridized carbons (Fsp3) is 0.514. The van der Waals surface area contributed by atoms with E-state index in [1.165, 1.54) is 24.3 Å². The van der Waals surface area contributed by atoms with Crippen LogP contribution in [0.15, 0.2) is 53.4 Å². The summed E-state index contributed by atoms with van der Waals surface area (Å²) in [7, 11) is -4.37. The molecule has 2 aromatic carbocycles. The minimum absolute atomic E-state index is 0.0143. The number of halogens is 3. The maximum atomic E-state index is 14.2. The number of nitrogens with zero attached hydrogens (tertiary/aromatic N) is 2. The first-order chi connectivity index (χ1) is 24.7. The third-order valence-electron chi connectivity index (χ3n) is 9.50. The number of anilines is 1. The van der Waals surface area contributed by atoms with Gasteiger partial charge in [-0.1, -0.05) is 24.3 Å². The molecule has 0 saturated heterocycles. The van der Waals surface area contributed by atoms with E-state index in [0.29, 0.717) is 36.9 Å². The molecule has 12 nitrogen and oxygen atoms in total. The van der Waals surface area contributed by atoms with Crippen LogP contribution in [0.2, 0.25) is 0 Å². The highest BCUT2D eigenvalue weighted by Crippen LogP contribution is 2.60. The van der Waals surface area contributed by atoms with Crippen molar-refractivity contribution >= 4 is 28.0 Å². The van der Waals surface area contributed by atoms with Gasteiger partial charge in [0.25, 0.3) is 10.0 Å². The number of aryl methyl sites for hydroxylation is 2. The van der Waals surface area contributed by atoms with Crippen LogP contribution in [0.1, 0.15) is 87.2 Å². The lowest BCUT2D eigenvalue weighted by Crippen LogP contribution is -2.49. The van der Waals surface area contributed by atoms with E-state index >= 15 is 0 Å². The average Bonchev–Trinajstić information content (AvgIpc) is 3.84. The summed E-state index contributed by atoms with van der Waals surface area (Å²) < 4.78 is 83.1. The van der Waals surface area contributed by atoms with E-state index in [2.05, 4.69) is 25.3 Å². The fourth-order valence-corrected chi connectivity index (χ4v) is 7.65. The van der Waals surface area contributed by atoms with E-state index in [1.54, 1.807) is 20.8 Å². The number of ether oxygens (including phenoxy) is 2. The minimum Gasteiger partial charge on any atom is -0.478 e. The van der Waals surface area contributed by atoms with E-state index in [4.69, 9.17) is 9.47 Å².